The summed E-state index contributed by atoms with van der Waals surface area (Å²) in [6, 6.07) is 0. The summed E-state index contributed by atoms with van der Waals surface area (Å²) < 4.78 is 0. The van der Waals surface area contributed by atoms with E-state index in [1.165, 1.54) is 0 Å². The Balaban J connectivity index is 2.91. The lowest BCUT2D eigenvalue weighted by Crippen LogP contribution is -1.96. The summed E-state index contributed by atoms with van der Waals surface area (Å²) in [5.74, 6) is 0.288. The van der Waals surface area contributed by atoms with E-state index in [2.05, 4.69) is 20.2 Å². The molecule has 5 heteroatoms. The minimum Gasteiger partial charge on any atom is -0.368 e. The minimum atomic E-state index is 0.288. The lowest BCUT2D eigenvalue weighted by atomic mass is 10.3. The molecule has 0 aliphatic heterocycles. The Labute approximate surface area is 62.7 Å². The Hall–Kier alpha value is -1.65. The number of nitrogens with one attached hydrogen (secondary N) is 1. The highest BCUT2D eigenvalue weighted by Gasteiger charge is 2.02. The SMILES string of the molecule is Cc1nc(N)nc2cn[nH]c12. The first-order valence-corrected chi connectivity index (χ1v) is 3.20. The summed E-state index contributed by atoms with van der Waals surface area (Å²) in [4.78, 5) is 7.94. The van der Waals surface area contributed by atoms with E-state index < -0.39 is 0 Å². The molecule has 0 aromatic carbocycles. The van der Waals surface area contributed by atoms with Gasteiger partial charge in [0, 0.05) is 0 Å². The standard InChI is InChI=1S/C6H7N5/c1-3-5-4(2-8-11-5)10-6(7)9-3/h2H,1H3,(H,8,11)(H2,7,9,10). The molecule has 0 aliphatic rings. The molecule has 0 aliphatic carbocycles. The van der Waals surface area contributed by atoms with Crippen molar-refractivity contribution in [1.29, 1.82) is 0 Å². The van der Waals surface area contributed by atoms with Gasteiger partial charge in [0.1, 0.15) is 11.0 Å². The summed E-state index contributed by atoms with van der Waals surface area (Å²) in [6.07, 6.45) is 1.63. The van der Waals surface area contributed by atoms with E-state index in [0.717, 1.165) is 16.7 Å². The second-order valence-electron chi connectivity index (χ2n) is 2.30. The Kier molecular flexibility index (Phi) is 1.06. The predicted molar refractivity (Wildman–Crippen MR) is 40.8 cm³/mol. The van der Waals surface area contributed by atoms with Gasteiger partial charge >= 0.3 is 0 Å². The van der Waals surface area contributed by atoms with Crippen LogP contribution in [0.15, 0.2) is 6.20 Å². The molecular weight excluding hydrogens is 142 g/mol. The highest BCUT2D eigenvalue weighted by Crippen LogP contribution is 2.11. The maximum Gasteiger partial charge on any atom is 0.220 e. The number of H-pyrrole nitrogens is 1. The molecule has 2 aromatic rings. The molecule has 0 unspecified atom stereocenters. The number of fused-ring (bicyclic) bond motifs is 1. The van der Waals surface area contributed by atoms with Gasteiger partial charge in [-0.15, -0.1) is 0 Å². The van der Waals surface area contributed by atoms with Gasteiger partial charge in [-0.05, 0) is 6.92 Å². The maximum atomic E-state index is 5.42. The highest BCUT2D eigenvalue weighted by molar-refractivity contribution is 5.76. The number of anilines is 1. The van der Waals surface area contributed by atoms with Gasteiger partial charge in [-0.25, -0.2) is 9.97 Å². The number of hydrogen-bond acceptors (Lipinski definition) is 4. The van der Waals surface area contributed by atoms with Crippen molar-refractivity contribution in [2.45, 2.75) is 6.92 Å². The molecule has 0 saturated carbocycles. The van der Waals surface area contributed by atoms with Crippen molar-refractivity contribution < 1.29 is 0 Å². The van der Waals surface area contributed by atoms with Crippen LogP contribution in [0.5, 0.6) is 0 Å². The molecule has 0 fully saturated rings. The number of rotatable bonds is 0. The third-order valence-electron chi connectivity index (χ3n) is 1.50. The first-order valence-electron chi connectivity index (χ1n) is 3.20. The van der Waals surface area contributed by atoms with Crippen LogP contribution in [0, 0.1) is 6.92 Å². The summed E-state index contributed by atoms with van der Waals surface area (Å²) in [6.45, 7) is 1.86. The summed E-state index contributed by atoms with van der Waals surface area (Å²) in [5.41, 5.74) is 7.85. The van der Waals surface area contributed by atoms with Crippen LogP contribution in [0.1, 0.15) is 5.69 Å². The van der Waals surface area contributed by atoms with Crippen LogP contribution < -0.4 is 5.73 Å². The van der Waals surface area contributed by atoms with Crippen LogP contribution in [0.25, 0.3) is 11.0 Å². The molecule has 5 nitrogen and oxygen atoms in total. The number of aryl methyl sites for hydroxylation is 1. The molecule has 0 atom stereocenters. The van der Waals surface area contributed by atoms with Gasteiger partial charge in [0.05, 0.1) is 11.9 Å². The van der Waals surface area contributed by atoms with Gasteiger partial charge in [0.25, 0.3) is 0 Å². The molecule has 56 valence electrons. The van der Waals surface area contributed by atoms with E-state index in [1.54, 1.807) is 6.20 Å². The normalized spacial score (nSPS) is 10.6. The zero-order chi connectivity index (χ0) is 7.84. The third-order valence-corrected chi connectivity index (χ3v) is 1.50. The lowest BCUT2D eigenvalue weighted by molar-refractivity contribution is 1.10. The van der Waals surface area contributed by atoms with Crippen LogP contribution in [0.3, 0.4) is 0 Å². The summed E-state index contributed by atoms with van der Waals surface area (Å²) >= 11 is 0. The van der Waals surface area contributed by atoms with Crippen molar-refractivity contribution in [2.75, 3.05) is 5.73 Å². The average molecular weight is 149 g/mol. The van der Waals surface area contributed by atoms with Crippen LogP contribution in [-0.4, -0.2) is 20.2 Å². The Morgan fingerprint density at radius 1 is 1.45 bits per heavy atom. The fraction of sp³-hybridized carbons (Fsp3) is 0.167. The van der Waals surface area contributed by atoms with Crippen molar-refractivity contribution >= 4 is 17.0 Å². The molecule has 2 rings (SSSR count). The van der Waals surface area contributed by atoms with Crippen LogP contribution in [0.2, 0.25) is 0 Å². The monoisotopic (exact) mass is 149 g/mol. The first-order chi connectivity index (χ1) is 5.27. The average Bonchev–Trinajstić information content (AvgIpc) is 2.34. The molecule has 0 radical (unpaired) electrons. The maximum absolute atomic E-state index is 5.42. The number of nitrogens with two attached hydrogens (primary N) is 1. The second kappa shape index (κ2) is 1.91. The van der Waals surface area contributed by atoms with Crippen LogP contribution in [0.4, 0.5) is 5.95 Å². The molecule has 3 N–H and O–H groups in total. The van der Waals surface area contributed by atoms with E-state index in [9.17, 15) is 0 Å². The van der Waals surface area contributed by atoms with Crippen LogP contribution in [-0.2, 0) is 0 Å². The van der Waals surface area contributed by atoms with Crippen molar-refractivity contribution in [2.24, 2.45) is 0 Å². The number of hydrogen-bond donors (Lipinski definition) is 2. The molecule has 2 aromatic heterocycles. The Morgan fingerprint density at radius 3 is 3.09 bits per heavy atom. The van der Waals surface area contributed by atoms with E-state index in [4.69, 9.17) is 5.73 Å². The number of nitrogen functional groups attached to an aromatic ring is 1. The van der Waals surface area contributed by atoms with Crippen molar-refractivity contribution in [3.8, 4) is 0 Å². The minimum absolute atomic E-state index is 0.288. The molecule has 0 saturated heterocycles. The van der Waals surface area contributed by atoms with E-state index >= 15 is 0 Å². The van der Waals surface area contributed by atoms with Gasteiger partial charge in [-0.3, -0.25) is 5.10 Å². The molecule has 0 spiro atoms. The zero-order valence-electron chi connectivity index (χ0n) is 6.00. The van der Waals surface area contributed by atoms with Gasteiger partial charge in [0.2, 0.25) is 5.95 Å². The Bertz CT molecular complexity index is 391. The molecule has 11 heavy (non-hydrogen) atoms. The molecule has 0 amide bonds. The number of aromatic amines is 1. The van der Waals surface area contributed by atoms with E-state index in [0.29, 0.717) is 0 Å². The van der Waals surface area contributed by atoms with Crippen molar-refractivity contribution in [1.82, 2.24) is 20.2 Å². The molecule has 0 bridgehead atoms. The lowest BCUT2D eigenvalue weighted by Gasteiger charge is -1.94. The van der Waals surface area contributed by atoms with Crippen molar-refractivity contribution in [3.05, 3.63) is 11.9 Å². The number of nitrogens with zero attached hydrogens (tertiary/aromatic N) is 3. The highest BCUT2D eigenvalue weighted by atomic mass is 15.1. The van der Waals surface area contributed by atoms with Gasteiger partial charge in [0.15, 0.2) is 0 Å². The summed E-state index contributed by atoms with van der Waals surface area (Å²) in [7, 11) is 0. The predicted octanol–water partition coefficient (Wildman–Crippen LogP) is 0.244. The fourth-order valence-electron chi connectivity index (χ4n) is 1.01. The molecule has 2 heterocycles. The Morgan fingerprint density at radius 2 is 2.27 bits per heavy atom. The molecular formula is C6H7N5. The largest absolute Gasteiger partial charge is 0.368 e. The van der Waals surface area contributed by atoms with Crippen molar-refractivity contribution in [3.63, 3.8) is 0 Å². The van der Waals surface area contributed by atoms with Crippen LogP contribution >= 0.6 is 0 Å². The van der Waals surface area contributed by atoms with Gasteiger partial charge in [-0.2, -0.15) is 5.10 Å². The summed E-state index contributed by atoms with van der Waals surface area (Å²) in [5, 5.41) is 6.60. The smallest absolute Gasteiger partial charge is 0.220 e. The van der Waals surface area contributed by atoms with E-state index in [1.807, 2.05) is 6.92 Å². The van der Waals surface area contributed by atoms with Gasteiger partial charge in [-0.1, -0.05) is 0 Å². The quantitative estimate of drug-likeness (QED) is 0.562. The zero-order valence-corrected chi connectivity index (χ0v) is 6.00. The number of aromatic nitrogens is 4. The fourth-order valence-corrected chi connectivity index (χ4v) is 1.01. The second-order valence-corrected chi connectivity index (χ2v) is 2.30. The topological polar surface area (TPSA) is 80.5 Å². The third kappa shape index (κ3) is 0.813. The van der Waals surface area contributed by atoms with E-state index in [-0.39, 0.29) is 5.95 Å². The first kappa shape index (κ1) is 6.09. The van der Waals surface area contributed by atoms with Gasteiger partial charge < -0.3 is 5.73 Å².